The highest BCUT2D eigenvalue weighted by molar-refractivity contribution is 5.08. The molecule has 1 unspecified atom stereocenters. The van der Waals surface area contributed by atoms with Gasteiger partial charge in [-0.1, -0.05) is 26.7 Å². The molecule has 0 aromatic carbocycles. The van der Waals surface area contributed by atoms with E-state index in [0.29, 0.717) is 16.7 Å². The van der Waals surface area contributed by atoms with E-state index in [2.05, 4.69) is 13.8 Å². The molecule has 4 saturated carbocycles. The predicted octanol–water partition coefficient (Wildman–Crippen LogP) is 4.78. The first-order valence-corrected chi connectivity index (χ1v) is 9.23. The van der Waals surface area contributed by atoms with Crippen molar-refractivity contribution in [2.24, 2.45) is 34.5 Å². The van der Waals surface area contributed by atoms with E-state index >= 15 is 0 Å². The fourth-order valence-electron chi connectivity index (χ4n) is 7.32. The van der Waals surface area contributed by atoms with Gasteiger partial charge in [-0.15, -0.1) is 0 Å². The molecular formula is C19H32O. The maximum absolute atomic E-state index is 10.6. The van der Waals surface area contributed by atoms with Crippen LogP contribution in [0.3, 0.4) is 0 Å². The second-order valence-corrected chi connectivity index (χ2v) is 9.12. The lowest BCUT2D eigenvalue weighted by Gasteiger charge is -2.60. The molecule has 0 radical (unpaired) electrons. The van der Waals surface area contributed by atoms with Crippen molar-refractivity contribution in [2.75, 3.05) is 0 Å². The summed E-state index contributed by atoms with van der Waals surface area (Å²) in [5.41, 5.74) is 1.09. The standard InChI is InChI=1S/C19H32O/c1-18-11-8-15-14(17(18)16(20)9-12-18)7-6-13-5-3-4-10-19(13,15)2/h13-17,20H,3-12H2,1-2H3/t13-,14-,15+,16?,17-,18-,19+/m1/s1. The van der Waals surface area contributed by atoms with Crippen LogP contribution in [-0.2, 0) is 0 Å². The Morgan fingerprint density at radius 3 is 2.50 bits per heavy atom. The zero-order chi connectivity index (χ0) is 14.0. The van der Waals surface area contributed by atoms with Crippen LogP contribution >= 0.6 is 0 Å². The Morgan fingerprint density at radius 1 is 0.850 bits per heavy atom. The van der Waals surface area contributed by atoms with Crippen molar-refractivity contribution in [2.45, 2.75) is 84.2 Å². The van der Waals surface area contributed by atoms with Gasteiger partial charge >= 0.3 is 0 Å². The van der Waals surface area contributed by atoms with Gasteiger partial charge in [0.2, 0.25) is 0 Å². The Kier molecular flexibility index (Phi) is 3.05. The van der Waals surface area contributed by atoms with Gasteiger partial charge in [-0.05, 0) is 85.9 Å². The van der Waals surface area contributed by atoms with Crippen LogP contribution in [0.1, 0.15) is 78.1 Å². The first kappa shape index (κ1) is 13.6. The van der Waals surface area contributed by atoms with Crippen LogP contribution in [0, 0.1) is 34.5 Å². The zero-order valence-electron chi connectivity index (χ0n) is 13.4. The average molecular weight is 276 g/mol. The second kappa shape index (κ2) is 4.48. The van der Waals surface area contributed by atoms with Crippen molar-refractivity contribution < 1.29 is 5.11 Å². The van der Waals surface area contributed by atoms with E-state index < -0.39 is 0 Å². The minimum Gasteiger partial charge on any atom is -0.393 e. The summed E-state index contributed by atoms with van der Waals surface area (Å²) in [6, 6.07) is 0. The van der Waals surface area contributed by atoms with Crippen molar-refractivity contribution in [1.29, 1.82) is 0 Å². The fourth-order valence-corrected chi connectivity index (χ4v) is 7.32. The monoisotopic (exact) mass is 276 g/mol. The summed E-state index contributed by atoms with van der Waals surface area (Å²) >= 11 is 0. The van der Waals surface area contributed by atoms with Gasteiger partial charge < -0.3 is 5.11 Å². The van der Waals surface area contributed by atoms with Crippen molar-refractivity contribution in [3.63, 3.8) is 0 Å². The Labute approximate surface area is 124 Å². The molecule has 0 aromatic heterocycles. The minimum atomic E-state index is 0.0107. The van der Waals surface area contributed by atoms with Gasteiger partial charge in [0, 0.05) is 0 Å². The van der Waals surface area contributed by atoms with E-state index in [9.17, 15) is 5.11 Å². The molecule has 7 atom stereocenters. The molecule has 4 aliphatic carbocycles. The molecule has 0 bridgehead atoms. The Morgan fingerprint density at radius 2 is 1.65 bits per heavy atom. The third-order valence-corrected chi connectivity index (χ3v) is 8.38. The van der Waals surface area contributed by atoms with Gasteiger partial charge in [-0.2, -0.15) is 0 Å². The van der Waals surface area contributed by atoms with Crippen LogP contribution < -0.4 is 0 Å². The van der Waals surface area contributed by atoms with E-state index in [1.807, 2.05) is 0 Å². The molecule has 4 aliphatic rings. The fraction of sp³-hybridized carbons (Fsp3) is 1.00. The minimum absolute atomic E-state index is 0.0107. The number of hydrogen-bond acceptors (Lipinski definition) is 1. The maximum atomic E-state index is 10.6. The van der Waals surface area contributed by atoms with Crippen LogP contribution in [0.4, 0.5) is 0 Å². The Bertz CT molecular complexity index is 391. The number of fused-ring (bicyclic) bond motifs is 5. The summed E-state index contributed by atoms with van der Waals surface area (Å²) in [6.45, 7) is 5.11. The molecular weight excluding hydrogens is 244 g/mol. The summed E-state index contributed by atoms with van der Waals surface area (Å²) in [5, 5.41) is 10.6. The van der Waals surface area contributed by atoms with Crippen molar-refractivity contribution >= 4 is 0 Å². The van der Waals surface area contributed by atoms with Crippen molar-refractivity contribution in [3.8, 4) is 0 Å². The first-order chi connectivity index (χ1) is 9.55. The van der Waals surface area contributed by atoms with E-state index in [-0.39, 0.29) is 6.10 Å². The highest BCUT2D eigenvalue weighted by Crippen LogP contribution is 2.66. The quantitative estimate of drug-likeness (QED) is 0.675. The molecule has 0 heterocycles. The van der Waals surface area contributed by atoms with Crippen LogP contribution in [0.15, 0.2) is 0 Å². The Balaban J connectivity index is 1.66. The number of aliphatic hydroxyl groups is 1. The number of rotatable bonds is 0. The number of hydrogen-bond donors (Lipinski definition) is 1. The summed E-state index contributed by atoms with van der Waals surface area (Å²) in [5.74, 6) is 3.39. The van der Waals surface area contributed by atoms with Gasteiger partial charge in [-0.3, -0.25) is 0 Å². The molecule has 0 spiro atoms. The molecule has 1 nitrogen and oxygen atoms in total. The molecule has 20 heavy (non-hydrogen) atoms. The van der Waals surface area contributed by atoms with Crippen LogP contribution in [0.2, 0.25) is 0 Å². The highest BCUT2D eigenvalue weighted by atomic mass is 16.3. The molecule has 4 rings (SSSR count). The number of aliphatic hydroxyl groups excluding tert-OH is 1. The smallest absolute Gasteiger partial charge is 0.0576 e. The highest BCUT2D eigenvalue weighted by Gasteiger charge is 2.59. The molecule has 1 heteroatoms. The predicted molar refractivity (Wildman–Crippen MR) is 82.4 cm³/mol. The second-order valence-electron chi connectivity index (χ2n) is 9.12. The van der Waals surface area contributed by atoms with Crippen LogP contribution in [0.25, 0.3) is 0 Å². The molecule has 114 valence electrons. The van der Waals surface area contributed by atoms with Crippen LogP contribution in [0.5, 0.6) is 0 Å². The van der Waals surface area contributed by atoms with Crippen molar-refractivity contribution in [1.82, 2.24) is 0 Å². The third-order valence-electron chi connectivity index (χ3n) is 8.38. The van der Waals surface area contributed by atoms with Crippen LogP contribution in [-0.4, -0.2) is 11.2 Å². The normalized spacial score (nSPS) is 58.6. The third kappa shape index (κ3) is 1.71. The van der Waals surface area contributed by atoms with Gasteiger partial charge in [0.05, 0.1) is 6.10 Å². The Hall–Kier alpha value is -0.0400. The maximum Gasteiger partial charge on any atom is 0.0576 e. The summed E-state index contributed by atoms with van der Waals surface area (Å²) < 4.78 is 0. The lowest BCUT2D eigenvalue weighted by atomic mass is 9.45. The summed E-state index contributed by atoms with van der Waals surface area (Å²) in [4.78, 5) is 0. The van der Waals surface area contributed by atoms with Crippen molar-refractivity contribution in [3.05, 3.63) is 0 Å². The van der Waals surface area contributed by atoms with E-state index in [4.69, 9.17) is 0 Å². The van der Waals surface area contributed by atoms with Gasteiger partial charge in [0.15, 0.2) is 0 Å². The first-order valence-electron chi connectivity index (χ1n) is 9.23. The van der Waals surface area contributed by atoms with Gasteiger partial charge in [0.1, 0.15) is 0 Å². The lowest BCUT2D eigenvalue weighted by Crippen LogP contribution is -2.53. The lowest BCUT2D eigenvalue weighted by molar-refractivity contribution is -0.122. The van der Waals surface area contributed by atoms with Gasteiger partial charge in [0.25, 0.3) is 0 Å². The molecule has 0 amide bonds. The molecule has 0 aliphatic heterocycles. The molecule has 0 saturated heterocycles. The average Bonchev–Trinajstić information content (AvgIpc) is 2.74. The van der Waals surface area contributed by atoms with E-state index in [1.54, 1.807) is 0 Å². The molecule has 4 fully saturated rings. The summed E-state index contributed by atoms with van der Waals surface area (Å²) in [6.07, 6.45) is 14.0. The van der Waals surface area contributed by atoms with E-state index in [0.717, 1.165) is 24.2 Å². The van der Waals surface area contributed by atoms with Gasteiger partial charge in [-0.25, -0.2) is 0 Å². The molecule has 0 aromatic rings. The largest absolute Gasteiger partial charge is 0.393 e. The summed E-state index contributed by atoms with van der Waals surface area (Å²) in [7, 11) is 0. The molecule has 1 N–H and O–H groups in total. The topological polar surface area (TPSA) is 20.2 Å². The SMILES string of the molecule is C[C@@]12CCC(O)[C@H]1[C@@H]1CC[C@H]3CCCC[C@]3(C)[C@H]1CC2. The van der Waals surface area contributed by atoms with E-state index in [1.165, 1.54) is 57.8 Å². The zero-order valence-corrected chi connectivity index (χ0v) is 13.4.